The Bertz CT molecular complexity index is 683. The molecule has 0 radical (unpaired) electrons. The van der Waals surface area contributed by atoms with Crippen LogP contribution in [-0.2, 0) is 13.0 Å². The summed E-state index contributed by atoms with van der Waals surface area (Å²) < 4.78 is 14.0. The maximum atomic E-state index is 14.0. The molecular weight excluding hydrogens is 335 g/mol. The van der Waals surface area contributed by atoms with E-state index in [1.165, 1.54) is 4.88 Å². The monoisotopic (exact) mass is 362 g/mol. The van der Waals surface area contributed by atoms with E-state index in [1.807, 2.05) is 20.2 Å². The molecule has 2 aromatic rings. The highest BCUT2D eigenvalue weighted by atomic mass is 32.1. The molecule has 0 bridgehead atoms. The minimum atomic E-state index is -0.211. The Labute approximate surface area is 153 Å². The zero-order valence-corrected chi connectivity index (χ0v) is 16.2. The van der Waals surface area contributed by atoms with Crippen molar-refractivity contribution in [2.75, 3.05) is 32.6 Å². The van der Waals surface area contributed by atoms with Crippen LogP contribution in [-0.4, -0.2) is 33.6 Å². The molecule has 136 valence electrons. The molecule has 0 amide bonds. The lowest BCUT2D eigenvalue weighted by Gasteiger charge is -2.17. The third-order valence-corrected chi connectivity index (χ3v) is 4.82. The van der Waals surface area contributed by atoms with Crippen molar-refractivity contribution < 1.29 is 4.39 Å². The summed E-state index contributed by atoms with van der Waals surface area (Å²) in [5.41, 5.74) is 1.48. The number of nitrogens with zero attached hydrogens (tertiary/aromatic N) is 2. The summed E-state index contributed by atoms with van der Waals surface area (Å²) in [7, 11) is 5.41. The average Bonchev–Trinajstić information content (AvgIpc) is 3.07. The van der Waals surface area contributed by atoms with Gasteiger partial charge in [0.15, 0.2) is 5.96 Å². The van der Waals surface area contributed by atoms with Gasteiger partial charge in [-0.05, 0) is 41.5 Å². The van der Waals surface area contributed by atoms with E-state index in [0.717, 1.165) is 24.5 Å². The summed E-state index contributed by atoms with van der Waals surface area (Å²) in [5.74, 6) is 1.03. The van der Waals surface area contributed by atoms with Crippen LogP contribution in [0.3, 0.4) is 0 Å². The van der Waals surface area contributed by atoms with Crippen molar-refractivity contribution in [2.45, 2.75) is 19.9 Å². The van der Waals surface area contributed by atoms with Gasteiger partial charge in [-0.2, -0.15) is 0 Å². The Morgan fingerprint density at radius 3 is 2.68 bits per heavy atom. The van der Waals surface area contributed by atoms with Crippen LogP contribution in [0.1, 0.15) is 17.4 Å². The number of anilines is 1. The van der Waals surface area contributed by atoms with Crippen molar-refractivity contribution >= 4 is 23.0 Å². The quantitative estimate of drug-likeness (QED) is 0.585. The molecule has 0 saturated carbocycles. The molecule has 2 rings (SSSR count). The van der Waals surface area contributed by atoms with E-state index in [0.29, 0.717) is 18.2 Å². The standard InChI is InChI=1S/C19H27FN4S/c1-14(10-16-6-5-9-25-16)12-22-19(21-2)23-13-15-7-8-18(24(3)4)17(20)11-15/h5-9,11,14H,10,12-13H2,1-4H3,(H2,21,22,23). The third-order valence-electron chi connectivity index (χ3n) is 3.93. The van der Waals surface area contributed by atoms with Gasteiger partial charge in [0.05, 0.1) is 5.69 Å². The number of nitrogens with one attached hydrogen (secondary N) is 2. The number of benzene rings is 1. The molecule has 1 unspecified atom stereocenters. The largest absolute Gasteiger partial charge is 0.375 e. The molecule has 0 fully saturated rings. The van der Waals surface area contributed by atoms with Gasteiger partial charge in [0.1, 0.15) is 5.82 Å². The van der Waals surface area contributed by atoms with Crippen LogP contribution in [0, 0.1) is 11.7 Å². The number of halogens is 1. The van der Waals surface area contributed by atoms with Crippen molar-refractivity contribution in [3.8, 4) is 0 Å². The van der Waals surface area contributed by atoms with Crippen LogP contribution in [0.5, 0.6) is 0 Å². The van der Waals surface area contributed by atoms with Crippen molar-refractivity contribution in [1.29, 1.82) is 0 Å². The predicted octanol–water partition coefficient (Wildman–Crippen LogP) is 3.50. The number of hydrogen-bond donors (Lipinski definition) is 2. The van der Waals surface area contributed by atoms with Gasteiger partial charge in [-0.3, -0.25) is 4.99 Å². The highest BCUT2D eigenvalue weighted by Gasteiger charge is 2.08. The van der Waals surface area contributed by atoms with Gasteiger partial charge in [-0.15, -0.1) is 11.3 Å². The molecule has 25 heavy (non-hydrogen) atoms. The number of thiophene rings is 1. The van der Waals surface area contributed by atoms with Gasteiger partial charge in [-0.25, -0.2) is 4.39 Å². The second-order valence-electron chi connectivity index (χ2n) is 6.38. The van der Waals surface area contributed by atoms with Gasteiger partial charge >= 0.3 is 0 Å². The molecule has 0 aliphatic heterocycles. The Morgan fingerprint density at radius 2 is 2.08 bits per heavy atom. The summed E-state index contributed by atoms with van der Waals surface area (Å²) in [6.07, 6.45) is 1.05. The first kappa shape index (κ1) is 19.2. The summed E-state index contributed by atoms with van der Waals surface area (Å²) >= 11 is 1.79. The van der Waals surface area contributed by atoms with Crippen LogP contribution < -0.4 is 15.5 Å². The molecule has 1 aromatic carbocycles. The Morgan fingerprint density at radius 1 is 1.28 bits per heavy atom. The van der Waals surface area contributed by atoms with Gasteiger partial charge < -0.3 is 15.5 Å². The van der Waals surface area contributed by atoms with Crippen LogP contribution >= 0.6 is 11.3 Å². The first-order valence-corrected chi connectivity index (χ1v) is 9.30. The first-order valence-electron chi connectivity index (χ1n) is 8.42. The Kier molecular flexibility index (Phi) is 7.25. The molecule has 0 saturated heterocycles. The van der Waals surface area contributed by atoms with E-state index in [4.69, 9.17) is 0 Å². The number of aliphatic imine (C=N–C) groups is 1. The van der Waals surface area contributed by atoms with E-state index in [2.05, 4.69) is 40.1 Å². The lowest BCUT2D eigenvalue weighted by molar-refractivity contribution is 0.562. The Balaban J connectivity index is 1.81. The van der Waals surface area contributed by atoms with E-state index >= 15 is 0 Å². The van der Waals surface area contributed by atoms with E-state index in [-0.39, 0.29) is 5.82 Å². The molecule has 1 aromatic heterocycles. The fourth-order valence-electron chi connectivity index (χ4n) is 2.54. The molecule has 1 heterocycles. The second-order valence-corrected chi connectivity index (χ2v) is 7.41. The molecular formula is C19H27FN4S. The lowest BCUT2D eigenvalue weighted by Crippen LogP contribution is -2.39. The second kappa shape index (κ2) is 9.42. The average molecular weight is 363 g/mol. The maximum absolute atomic E-state index is 14.0. The normalized spacial score (nSPS) is 12.8. The van der Waals surface area contributed by atoms with Gasteiger partial charge in [0, 0.05) is 39.1 Å². The first-order chi connectivity index (χ1) is 12.0. The van der Waals surface area contributed by atoms with Gasteiger partial charge in [0.25, 0.3) is 0 Å². The summed E-state index contributed by atoms with van der Waals surface area (Å²) in [4.78, 5) is 7.40. The third kappa shape index (κ3) is 6.05. The predicted molar refractivity (Wildman–Crippen MR) is 106 cm³/mol. The number of guanidine groups is 1. The van der Waals surface area contributed by atoms with Crippen molar-refractivity contribution in [3.05, 3.63) is 52.0 Å². The summed E-state index contributed by atoms with van der Waals surface area (Å²) in [6.45, 7) is 3.59. The van der Waals surface area contributed by atoms with Crippen molar-refractivity contribution in [2.24, 2.45) is 10.9 Å². The minimum Gasteiger partial charge on any atom is -0.375 e. The van der Waals surface area contributed by atoms with Crippen LogP contribution in [0.15, 0.2) is 40.7 Å². The van der Waals surface area contributed by atoms with E-state index < -0.39 is 0 Å². The molecule has 6 heteroatoms. The molecule has 0 aliphatic rings. The summed E-state index contributed by atoms with van der Waals surface area (Å²) in [6, 6.07) is 9.54. The fraction of sp³-hybridized carbons (Fsp3) is 0.421. The molecule has 0 aliphatic carbocycles. The van der Waals surface area contributed by atoms with Crippen molar-refractivity contribution in [1.82, 2.24) is 10.6 Å². The zero-order valence-electron chi connectivity index (χ0n) is 15.3. The molecule has 4 nitrogen and oxygen atoms in total. The van der Waals surface area contributed by atoms with E-state index in [1.54, 1.807) is 35.4 Å². The van der Waals surface area contributed by atoms with E-state index in [9.17, 15) is 4.39 Å². The SMILES string of the molecule is CN=C(NCc1ccc(N(C)C)c(F)c1)NCC(C)Cc1cccs1. The van der Waals surface area contributed by atoms with Gasteiger partial charge in [0.2, 0.25) is 0 Å². The smallest absolute Gasteiger partial charge is 0.191 e. The maximum Gasteiger partial charge on any atom is 0.191 e. The van der Waals surface area contributed by atoms with Crippen LogP contribution in [0.2, 0.25) is 0 Å². The van der Waals surface area contributed by atoms with Crippen molar-refractivity contribution in [3.63, 3.8) is 0 Å². The van der Waals surface area contributed by atoms with Crippen LogP contribution in [0.4, 0.5) is 10.1 Å². The Hall–Kier alpha value is -2.08. The fourth-order valence-corrected chi connectivity index (χ4v) is 3.41. The topological polar surface area (TPSA) is 39.7 Å². The lowest BCUT2D eigenvalue weighted by atomic mass is 10.1. The number of hydrogen-bond acceptors (Lipinski definition) is 3. The number of rotatable bonds is 7. The molecule has 1 atom stereocenters. The summed E-state index contributed by atoms with van der Waals surface area (Å²) in [5, 5.41) is 8.68. The highest BCUT2D eigenvalue weighted by molar-refractivity contribution is 7.09. The highest BCUT2D eigenvalue weighted by Crippen LogP contribution is 2.18. The molecule has 2 N–H and O–H groups in total. The van der Waals surface area contributed by atoms with Crippen LogP contribution in [0.25, 0.3) is 0 Å². The van der Waals surface area contributed by atoms with Gasteiger partial charge in [-0.1, -0.05) is 19.1 Å². The zero-order chi connectivity index (χ0) is 18.2. The minimum absolute atomic E-state index is 0.211. The molecule has 0 spiro atoms.